The Morgan fingerprint density at radius 2 is 2.07 bits per heavy atom. The highest BCUT2D eigenvalue weighted by Crippen LogP contribution is 2.27. The van der Waals surface area contributed by atoms with E-state index in [1.54, 1.807) is 0 Å². The average molecular weight is 392 g/mol. The molecule has 1 amide bonds. The fourth-order valence-electron chi connectivity index (χ4n) is 3.60. The van der Waals surface area contributed by atoms with Gasteiger partial charge in [-0.25, -0.2) is 0 Å². The number of hydrogen-bond donors (Lipinski definition) is 1. The van der Waals surface area contributed by atoms with Gasteiger partial charge in [-0.1, -0.05) is 17.3 Å². The molecular weight excluding hydrogens is 368 g/mol. The number of aromatic nitrogens is 2. The van der Waals surface area contributed by atoms with Gasteiger partial charge in [-0.3, -0.25) is 9.69 Å². The number of benzene rings is 2. The Kier molecular flexibility index (Phi) is 5.57. The molecule has 1 aliphatic rings. The van der Waals surface area contributed by atoms with E-state index in [-0.39, 0.29) is 5.91 Å². The number of hydrogen-bond acceptors (Lipinski definition) is 6. The molecule has 4 rings (SSSR count). The predicted molar refractivity (Wildman–Crippen MR) is 109 cm³/mol. The van der Waals surface area contributed by atoms with E-state index in [4.69, 9.17) is 9.26 Å². The Morgan fingerprint density at radius 3 is 2.83 bits per heavy atom. The monoisotopic (exact) mass is 392 g/mol. The summed E-state index contributed by atoms with van der Waals surface area (Å²) in [4.78, 5) is 18.2. The lowest BCUT2D eigenvalue weighted by Gasteiger charge is -2.28. The van der Waals surface area contributed by atoms with Crippen LogP contribution in [0, 0.1) is 0 Å². The molecule has 0 aliphatic carbocycles. The van der Waals surface area contributed by atoms with Crippen molar-refractivity contribution in [3.05, 3.63) is 59.5 Å². The first-order chi connectivity index (χ1) is 14.1. The summed E-state index contributed by atoms with van der Waals surface area (Å²) in [6.07, 6.45) is 0.867. The Morgan fingerprint density at radius 1 is 1.24 bits per heavy atom. The van der Waals surface area contributed by atoms with Crippen molar-refractivity contribution in [1.82, 2.24) is 15.0 Å². The molecule has 0 atom stereocenters. The second-order valence-electron chi connectivity index (χ2n) is 7.05. The van der Waals surface area contributed by atoms with Gasteiger partial charge in [0.2, 0.25) is 17.6 Å². The molecule has 0 spiro atoms. The van der Waals surface area contributed by atoms with E-state index >= 15 is 0 Å². The van der Waals surface area contributed by atoms with Crippen molar-refractivity contribution in [2.24, 2.45) is 0 Å². The number of nitrogens with zero attached hydrogens (tertiary/aromatic N) is 3. The summed E-state index contributed by atoms with van der Waals surface area (Å²) in [6.45, 7) is 6.36. The number of rotatable bonds is 6. The average Bonchev–Trinajstić information content (AvgIpc) is 3.17. The first kappa shape index (κ1) is 19.1. The van der Waals surface area contributed by atoms with Crippen molar-refractivity contribution in [3.63, 3.8) is 0 Å². The fraction of sp³-hybridized carbons (Fsp3) is 0.318. The van der Waals surface area contributed by atoms with Crippen LogP contribution in [0.15, 0.2) is 47.0 Å². The molecule has 1 aliphatic heterocycles. The summed E-state index contributed by atoms with van der Waals surface area (Å²) in [5.74, 6) is 1.95. The minimum atomic E-state index is -0.0477. The second kappa shape index (κ2) is 8.45. The number of nitrogens with one attached hydrogen (secondary N) is 1. The Balaban J connectivity index is 1.43. The van der Waals surface area contributed by atoms with Gasteiger partial charge in [-0.2, -0.15) is 4.98 Å². The van der Waals surface area contributed by atoms with Gasteiger partial charge in [-0.15, -0.1) is 0 Å². The third-order valence-electron chi connectivity index (χ3n) is 4.91. The molecule has 150 valence electrons. The topological polar surface area (TPSA) is 80.5 Å². The van der Waals surface area contributed by atoms with Gasteiger partial charge in [0.1, 0.15) is 5.75 Å². The quantitative estimate of drug-likeness (QED) is 0.690. The Labute approximate surface area is 169 Å². The van der Waals surface area contributed by atoms with Crippen LogP contribution in [-0.4, -0.2) is 34.1 Å². The van der Waals surface area contributed by atoms with Crippen LogP contribution in [0.25, 0.3) is 11.4 Å². The first-order valence-corrected chi connectivity index (χ1v) is 9.79. The highest BCUT2D eigenvalue weighted by Gasteiger charge is 2.21. The SMILES string of the molecule is CCOc1ccc(-c2noc(CN3CCc4c(cccc4NC(C)=O)C3)n2)cc1. The van der Waals surface area contributed by atoms with E-state index < -0.39 is 0 Å². The van der Waals surface area contributed by atoms with Gasteiger partial charge in [0.15, 0.2) is 0 Å². The third kappa shape index (κ3) is 4.46. The molecule has 1 N–H and O–H groups in total. The number of anilines is 1. The van der Waals surface area contributed by atoms with Crippen LogP contribution in [0.5, 0.6) is 5.75 Å². The lowest BCUT2D eigenvalue weighted by atomic mass is 9.97. The molecule has 0 radical (unpaired) electrons. The van der Waals surface area contributed by atoms with Crippen LogP contribution in [-0.2, 0) is 24.3 Å². The number of ether oxygens (including phenoxy) is 1. The van der Waals surface area contributed by atoms with Crippen LogP contribution in [0.4, 0.5) is 5.69 Å². The zero-order chi connectivity index (χ0) is 20.2. The maximum absolute atomic E-state index is 11.4. The molecule has 0 fully saturated rings. The zero-order valence-corrected chi connectivity index (χ0v) is 16.6. The van der Waals surface area contributed by atoms with Gasteiger partial charge >= 0.3 is 0 Å². The summed E-state index contributed by atoms with van der Waals surface area (Å²) in [5, 5.41) is 7.04. The smallest absolute Gasteiger partial charge is 0.241 e. The first-order valence-electron chi connectivity index (χ1n) is 9.79. The minimum absolute atomic E-state index is 0.0477. The molecular formula is C22H24N4O3. The molecule has 1 aromatic heterocycles. The third-order valence-corrected chi connectivity index (χ3v) is 4.91. The fourth-order valence-corrected chi connectivity index (χ4v) is 3.60. The maximum atomic E-state index is 11.4. The van der Waals surface area contributed by atoms with Crippen LogP contribution < -0.4 is 10.1 Å². The predicted octanol–water partition coefficient (Wildman–Crippen LogP) is 3.65. The summed E-state index contributed by atoms with van der Waals surface area (Å²) < 4.78 is 10.9. The van der Waals surface area contributed by atoms with Gasteiger partial charge in [0.05, 0.1) is 13.2 Å². The largest absolute Gasteiger partial charge is 0.494 e. The van der Waals surface area contributed by atoms with Crippen molar-refractivity contribution in [3.8, 4) is 17.1 Å². The van der Waals surface area contributed by atoms with E-state index in [2.05, 4.69) is 26.4 Å². The second-order valence-corrected chi connectivity index (χ2v) is 7.05. The highest BCUT2D eigenvalue weighted by molar-refractivity contribution is 5.89. The number of carbonyl (C=O) groups is 1. The number of amides is 1. The van der Waals surface area contributed by atoms with Gasteiger partial charge in [0.25, 0.3) is 0 Å². The molecule has 0 saturated carbocycles. The van der Waals surface area contributed by atoms with E-state index in [0.29, 0.717) is 24.9 Å². The van der Waals surface area contributed by atoms with Crippen LogP contribution in [0.2, 0.25) is 0 Å². The van der Waals surface area contributed by atoms with Crippen molar-refractivity contribution in [2.75, 3.05) is 18.5 Å². The summed E-state index contributed by atoms with van der Waals surface area (Å²) in [5.41, 5.74) is 4.23. The normalized spacial score (nSPS) is 13.7. The molecule has 2 aromatic carbocycles. The molecule has 0 bridgehead atoms. The lowest BCUT2D eigenvalue weighted by Crippen LogP contribution is -2.30. The van der Waals surface area contributed by atoms with Crippen molar-refractivity contribution in [1.29, 1.82) is 0 Å². The molecule has 29 heavy (non-hydrogen) atoms. The standard InChI is InChI=1S/C22H24N4O3/c1-3-28-18-9-7-16(8-10-18)22-24-21(29-25-22)14-26-12-11-19-17(13-26)5-4-6-20(19)23-15(2)27/h4-10H,3,11-14H2,1-2H3,(H,23,27). The van der Waals surface area contributed by atoms with Crippen molar-refractivity contribution in [2.45, 2.75) is 33.4 Å². The van der Waals surface area contributed by atoms with E-state index in [0.717, 1.165) is 36.5 Å². The van der Waals surface area contributed by atoms with E-state index in [1.165, 1.54) is 18.1 Å². The summed E-state index contributed by atoms with van der Waals surface area (Å²) in [6, 6.07) is 13.7. The molecule has 7 nitrogen and oxygen atoms in total. The molecule has 0 saturated heterocycles. The van der Waals surface area contributed by atoms with Crippen LogP contribution >= 0.6 is 0 Å². The van der Waals surface area contributed by atoms with Crippen LogP contribution in [0.3, 0.4) is 0 Å². The Hall–Kier alpha value is -3.19. The van der Waals surface area contributed by atoms with Gasteiger partial charge in [0, 0.05) is 31.3 Å². The van der Waals surface area contributed by atoms with Crippen molar-refractivity contribution >= 4 is 11.6 Å². The zero-order valence-electron chi connectivity index (χ0n) is 16.6. The number of fused-ring (bicyclic) bond motifs is 1. The number of carbonyl (C=O) groups excluding carboxylic acids is 1. The van der Waals surface area contributed by atoms with Crippen LogP contribution in [0.1, 0.15) is 30.9 Å². The molecule has 7 heteroatoms. The summed E-state index contributed by atoms with van der Waals surface area (Å²) in [7, 11) is 0. The summed E-state index contributed by atoms with van der Waals surface area (Å²) >= 11 is 0. The molecule has 2 heterocycles. The van der Waals surface area contributed by atoms with E-state index in [9.17, 15) is 4.79 Å². The minimum Gasteiger partial charge on any atom is -0.494 e. The molecule has 3 aromatic rings. The van der Waals surface area contributed by atoms with E-state index in [1.807, 2.05) is 43.3 Å². The van der Waals surface area contributed by atoms with Crippen molar-refractivity contribution < 1.29 is 14.1 Å². The maximum Gasteiger partial charge on any atom is 0.241 e. The van der Waals surface area contributed by atoms with Gasteiger partial charge in [-0.05, 0) is 54.8 Å². The molecule has 0 unspecified atom stereocenters. The van der Waals surface area contributed by atoms with Gasteiger partial charge < -0.3 is 14.6 Å². The Bertz CT molecular complexity index is 998. The lowest BCUT2D eigenvalue weighted by molar-refractivity contribution is -0.114. The highest BCUT2D eigenvalue weighted by atomic mass is 16.5.